The normalized spacial score (nSPS) is 12.2. The zero-order valence-electron chi connectivity index (χ0n) is 10.8. The van der Waals surface area contributed by atoms with E-state index in [1.54, 1.807) is 24.0 Å². The van der Waals surface area contributed by atoms with Gasteiger partial charge in [0.15, 0.2) is 5.82 Å². The Bertz CT molecular complexity index is 414. The van der Waals surface area contributed by atoms with Crippen LogP contribution in [0, 0.1) is 0 Å². The molecule has 1 aromatic heterocycles. The first-order chi connectivity index (χ1) is 8.52. The summed E-state index contributed by atoms with van der Waals surface area (Å²) < 4.78 is 1.77. The first-order valence-corrected chi connectivity index (χ1v) is 6.10. The van der Waals surface area contributed by atoms with Crippen molar-refractivity contribution in [3.05, 3.63) is 12.5 Å². The van der Waals surface area contributed by atoms with Gasteiger partial charge in [-0.15, -0.1) is 0 Å². The molecular weight excluding hydrogens is 232 g/mol. The second-order valence-electron chi connectivity index (χ2n) is 4.33. The van der Waals surface area contributed by atoms with Crippen molar-refractivity contribution in [2.75, 3.05) is 5.32 Å². The number of aryl methyl sites for hydroxylation is 1. The number of nitrogens with two attached hydrogens (primary N) is 1. The number of ketones is 1. The Morgan fingerprint density at radius 3 is 2.89 bits per heavy atom. The van der Waals surface area contributed by atoms with E-state index < -0.39 is 6.04 Å². The molecule has 18 heavy (non-hydrogen) atoms. The maximum Gasteiger partial charge on any atom is 0.242 e. The van der Waals surface area contributed by atoms with E-state index in [1.165, 1.54) is 0 Å². The van der Waals surface area contributed by atoms with Gasteiger partial charge >= 0.3 is 0 Å². The van der Waals surface area contributed by atoms with Crippen molar-refractivity contribution < 1.29 is 9.59 Å². The van der Waals surface area contributed by atoms with E-state index >= 15 is 0 Å². The van der Waals surface area contributed by atoms with Gasteiger partial charge < -0.3 is 15.6 Å². The summed E-state index contributed by atoms with van der Waals surface area (Å²) in [4.78, 5) is 26.5. The maximum atomic E-state index is 11.6. The number of hydrogen-bond acceptors (Lipinski definition) is 4. The molecule has 6 nitrogen and oxygen atoms in total. The summed E-state index contributed by atoms with van der Waals surface area (Å²) in [5, 5.41) is 2.65. The molecule has 0 saturated heterocycles. The van der Waals surface area contributed by atoms with Gasteiger partial charge in [0.1, 0.15) is 5.78 Å². The van der Waals surface area contributed by atoms with Crippen molar-refractivity contribution in [2.24, 2.45) is 5.73 Å². The molecule has 1 rings (SSSR count). The zero-order chi connectivity index (χ0) is 13.5. The van der Waals surface area contributed by atoms with Crippen molar-refractivity contribution in [1.82, 2.24) is 9.55 Å². The van der Waals surface area contributed by atoms with E-state index in [0.29, 0.717) is 25.2 Å². The molecule has 0 aliphatic carbocycles. The van der Waals surface area contributed by atoms with Crippen LogP contribution in [0.15, 0.2) is 12.5 Å². The second-order valence-corrected chi connectivity index (χ2v) is 4.33. The van der Waals surface area contributed by atoms with Crippen LogP contribution < -0.4 is 11.1 Å². The molecule has 1 heterocycles. The Hall–Kier alpha value is -1.69. The number of amides is 1. The van der Waals surface area contributed by atoms with Crippen LogP contribution in [0.4, 0.5) is 5.82 Å². The summed E-state index contributed by atoms with van der Waals surface area (Å²) in [6, 6.07) is -0.502. The van der Waals surface area contributed by atoms with Gasteiger partial charge in [-0.1, -0.05) is 13.3 Å². The van der Waals surface area contributed by atoms with Crippen LogP contribution >= 0.6 is 0 Å². The van der Waals surface area contributed by atoms with Crippen molar-refractivity contribution in [3.8, 4) is 0 Å². The molecule has 6 heteroatoms. The number of Topliss-reactive ketones (excluding diaryl/α,β-unsaturated/α-hetero) is 1. The third-order valence-corrected chi connectivity index (χ3v) is 2.54. The smallest absolute Gasteiger partial charge is 0.242 e. The summed E-state index contributed by atoms with van der Waals surface area (Å²) in [5.41, 5.74) is 5.69. The fourth-order valence-corrected chi connectivity index (χ4v) is 1.49. The molecule has 1 unspecified atom stereocenters. The van der Waals surface area contributed by atoms with E-state index in [-0.39, 0.29) is 11.7 Å². The number of nitrogens with zero attached hydrogens (tertiary/aromatic N) is 2. The highest BCUT2D eigenvalue weighted by Gasteiger charge is 2.13. The zero-order valence-corrected chi connectivity index (χ0v) is 10.8. The predicted octanol–water partition coefficient (Wildman–Crippen LogP) is 0.928. The van der Waals surface area contributed by atoms with Crippen LogP contribution in [0.5, 0.6) is 0 Å². The van der Waals surface area contributed by atoms with E-state index in [0.717, 1.165) is 6.42 Å². The number of nitrogens with one attached hydrogen (secondary N) is 1. The SMILES string of the molecule is CCCC(N)C(=O)Nc1cn(CCC(C)=O)cn1. The van der Waals surface area contributed by atoms with Gasteiger partial charge in [0.25, 0.3) is 0 Å². The molecule has 0 radical (unpaired) electrons. The number of imidazole rings is 1. The van der Waals surface area contributed by atoms with Gasteiger partial charge in [0.2, 0.25) is 5.91 Å². The van der Waals surface area contributed by atoms with E-state index in [4.69, 9.17) is 5.73 Å². The molecule has 1 atom stereocenters. The predicted molar refractivity (Wildman–Crippen MR) is 69.0 cm³/mol. The molecule has 1 amide bonds. The van der Waals surface area contributed by atoms with Gasteiger partial charge in [-0.05, 0) is 13.3 Å². The molecule has 0 saturated carbocycles. The lowest BCUT2D eigenvalue weighted by molar-refractivity contribution is -0.118. The van der Waals surface area contributed by atoms with Gasteiger partial charge in [-0.25, -0.2) is 4.98 Å². The molecule has 3 N–H and O–H groups in total. The summed E-state index contributed by atoms with van der Waals surface area (Å²) in [6.07, 6.45) is 5.25. The Balaban J connectivity index is 2.48. The quantitative estimate of drug-likeness (QED) is 0.755. The lowest BCUT2D eigenvalue weighted by Gasteiger charge is -2.08. The minimum Gasteiger partial charge on any atom is -0.335 e. The Morgan fingerprint density at radius 1 is 1.56 bits per heavy atom. The summed E-state index contributed by atoms with van der Waals surface area (Å²) in [7, 11) is 0. The third kappa shape index (κ3) is 4.67. The minimum absolute atomic E-state index is 0.124. The number of hydrogen-bond donors (Lipinski definition) is 2. The fourth-order valence-electron chi connectivity index (χ4n) is 1.49. The average molecular weight is 252 g/mol. The maximum absolute atomic E-state index is 11.6. The molecule has 0 bridgehead atoms. The highest BCUT2D eigenvalue weighted by atomic mass is 16.2. The molecular formula is C12H20N4O2. The molecule has 0 aromatic carbocycles. The monoisotopic (exact) mass is 252 g/mol. The first kappa shape index (κ1) is 14.4. The van der Waals surface area contributed by atoms with Gasteiger partial charge in [-0.3, -0.25) is 9.59 Å². The van der Waals surface area contributed by atoms with E-state index in [1.807, 2.05) is 6.92 Å². The van der Waals surface area contributed by atoms with E-state index in [9.17, 15) is 9.59 Å². The molecule has 0 fully saturated rings. The Morgan fingerprint density at radius 2 is 2.28 bits per heavy atom. The molecule has 0 aliphatic heterocycles. The summed E-state index contributed by atoms with van der Waals surface area (Å²) in [5.74, 6) is 0.364. The number of rotatable bonds is 7. The Labute approximate surface area is 107 Å². The number of carbonyl (C=O) groups is 2. The highest BCUT2D eigenvalue weighted by Crippen LogP contribution is 2.05. The average Bonchev–Trinajstić information content (AvgIpc) is 2.74. The number of carbonyl (C=O) groups excluding carboxylic acids is 2. The van der Waals surface area contributed by atoms with Crippen LogP contribution in [0.25, 0.3) is 0 Å². The van der Waals surface area contributed by atoms with Crippen molar-refractivity contribution in [2.45, 2.75) is 45.7 Å². The molecule has 100 valence electrons. The number of anilines is 1. The van der Waals surface area contributed by atoms with Crippen LogP contribution in [0.2, 0.25) is 0 Å². The van der Waals surface area contributed by atoms with Gasteiger partial charge in [-0.2, -0.15) is 0 Å². The van der Waals surface area contributed by atoms with Crippen LogP contribution in [-0.2, 0) is 16.1 Å². The molecule has 0 spiro atoms. The van der Waals surface area contributed by atoms with Crippen molar-refractivity contribution in [3.63, 3.8) is 0 Å². The summed E-state index contributed by atoms with van der Waals surface area (Å²) >= 11 is 0. The van der Waals surface area contributed by atoms with Gasteiger partial charge in [0.05, 0.1) is 12.4 Å². The highest BCUT2D eigenvalue weighted by molar-refractivity contribution is 5.93. The second kappa shape index (κ2) is 6.90. The topological polar surface area (TPSA) is 90.0 Å². The minimum atomic E-state index is -0.502. The lowest BCUT2D eigenvalue weighted by atomic mass is 10.2. The van der Waals surface area contributed by atoms with E-state index in [2.05, 4.69) is 10.3 Å². The van der Waals surface area contributed by atoms with Crippen LogP contribution in [-0.4, -0.2) is 27.3 Å². The van der Waals surface area contributed by atoms with Gasteiger partial charge in [0, 0.05) is 19.2 Å². The van der Waals surface area contributed by atoms with Crippen LogP contribution in [0.3, 0.4) is 0 Å². The number of aromatic nitrogens is 2. The van der Waals surface area contributed by atoms with Crippen LogP contribution in [0.1, 0.15) is 33.1 Å². The largest absolute Gasteiger partial charge is 0.335 e. The molecule has 0 aliphatic rings. The Kier molecular flexibility index (Phi) is 5.51. The van der Waals surface area contributed by atoms with Crippen molar-refractivity contribution in [1.29, 1.82) is 0 Å². The molecule has 1 aromatic rings. The van der Waals surface area contributed by atoms with Crippen molar-refractivity contribution >= 4 is 17.5 Å². The first-order valence-electron chi connectivity index (χ1n) is 6.10. The third-order valence-electron chi connectivity index (χ3n) is 2.54. The lowest BCUT2D eigenvalue weighted by Crippen LogP contribution is -2.35. The fraction of sp³-hybridized carbons (Fsp3) is 0.583. The summed E-state index contributed by atoms with van der Waals surface area (Å²) in [6.45, 7) is 4.09. The standard InChI is InChI=1S/C12H20N4O2/c1-3-4-10(13)12(18)15-11-7-16(8-14-11)6-5-9(2)17/h7-8,10H,3-6,13H2,1-2H3,(H,15,18).